The van der Waals surface area contributed by atoms with Gasteiger partial charge in [0.05, 0.1) is 5.56 Å². The molecule has 21 heavy (non-hydrogen) atoms. The number of furan rings is 1. The van der Waals surface area contributed by atoms with Gasteiger partial charge in [0.25, 0.3) is 5.91 Å². The van der Waals surface area contributed by atoms with Crippen molar-refractivity contribution < 1.29 is 19.1 Å². The zero-order valence-electron chi connectivity index (χ0n) is 12.7. The molecule has 1 aromatic heterocycles. The molecule has 0 spiro atoms. The number of carbonyl (C=O) groups excluding carboxylic acids is 1. The topological polar surface area (TPSA) is 70.8 Å². The van der Waals surface area contributed by atoms with Gasteiger partial charge in [0, 0.05) is 19.2 Å². The van der Waals surface area contributed by atoms with Crippen molar-refractivity contribution in [3.8, 4) is 0 Å². The molecule has 1 saturated heterocycles. The molecule has 2 heterocycles. The van der Waals surface area contributed by atoms with Gasteiger partial charge in [-0.1, -0.05) is 26.7 Å². The lowest BCUT2D eigenvalue weighted by molar-refractivity contribution is 0.0693. The van der Waals surface area contributed by atoms with E-state index < -0.39 is 5.97 Å². The van der Waals surface area contributed by atoms with E-state index in [1.165, 1.54) is 6.07 Å². The number of hydrogen-bond donors (Lipinski definition) is 1. The Hall–Kier alpha value is -1.78. The normalized spacial score (nSPS) is 18.3. The minimum Gasteiger partial charge on any atom is -0.478 e. The number of carboxylic acids is 1. The maximum atomic E-state index is 12.4. The Balaban J connectivity index is 2.07. The Morgan fingerprint density at radius 1 is 1.29 bits per heavy atom. The van der Waals surface area contributed by atoms with Crippen LogP contribution in [0.25, 0.3) is 0 Å². The highest BCUT2D eigenvalue weighted by molar-refractivity contribution is 5.95. The fourth-order valence-electron chi connectivity index (χ4n) is 3.13. The second-order valence-electron chi connectivity index (χ2n) is 5.86. The van der Waals surface area contributed by atoms with Crippen LogP contribution >= 0.6 is 0 Å². The van der Waals surface area contributed by atoms with E-state index in [0.717, 1.165) is 38.4 Å². The van der Waals surface area contributed by atoms with Gasteiger partial charge >= 0.3 is 5.97 Å². The Labute approximate surface area is 124 Å². The maximum Gasteiger partial charge on any atom is 0.338 e. The van der Waals surface area contributed by atoms with Crippen LogP contribution in [0.4, 0.5) is 0 Å². The van der Waals surface area contributed by atoms with Crippen molar-refractivity contribution in [1.29, 1.82) is 0 Å². The zero-order valence-corrected chi connectivity index (χ0v) is 12.7. The summed E-state index contributed by atoms with van der Waals surface area (Å²) >= 11 is 0. The minimum atomic E-state index is -1.08. The molecular formula is C16H23NO4. The van der Waals surface area contributed by atoms with Gasteiger partial charge in [-0.2, -0.15) is 0 Å². The first-order valence-corrected chi connectivity index (χ1v) is 7.62. The van der Waals surface area contributed by atoms with E-state index in [1.807, 2.05) is 0 Å². The summed E-state index contributed by atoms with van der Waals surface area (Å²) in [6.45, 7) is 5.85. The van der Waals surface area contributed by atoms with Crippen molar-refractivity contribution in [3.05, 3.63) is 23.7 Å². The molecule has 0 aliphatic carbocycles. The molecular weight excluding hydrogens is 270 g/mol. The molecule has 1 aliphatic heterocycles. The van der Waals surface area contributed by atoms with Crippen LogP contribution in [0.5, 0.6) is 0 Å². The van der Waals surface area contributed by atoms with Crippen LogP contribution < -0.4 is 0 Å². The molecule has 1 aromatic rings. The second kappa shape index (κ2) is 6.33. The van der Waals surface area contributed by atoms with Gasteiger partial charge in [-0.3, -0.25) is 4.79 Å². The van der Waals surface area contributed by atoms with Crippen LogP contribution in [-0.4, -0.2) is 35.0 Å². The van der Waals surface area contributed by atoms with Crippen LogP contribution in [0.3, 0.4) is 0 Å². The lowest BCUT2D eigenvalue weighted by Crippen LogP contribution is -2.32. The standard InChI is InChI=1S/C16H23NO4/c1-3-16(4-2)6-5-8-17(9-7-16)14(18)13-10-12(11-21-13)15(19)20/h10-11H,3-9H2,1-2H3,(H,19,20). The Kier molecular flexibility index (Phi) is 4.70. The third-order valence-electron chi connectivity index (χ3n) is 4.89. The maximum absolute atomic E-state index is 12.4. The number of amides is 1. The van der Waals surface area contributed by atoms with E-state index in [2.05, 4.69) is 13.8 Å². The SMILES string of the molecule is CCC1(CC)CCCN(C(=O)c2cc(C(=O)O)co2)CC1. The van der Waals surface area contributed by atoms with E-state index in [9.17, 15) is 9.59 Å². The summed E-state index contributed by atoms with van der Waals surface area (Å²) in [7, 11) is 0. The van der Waals surface area contributed by atoms with Crippen molar-refractivity contribution in [3.63, 3.8) is 0 Å². The van der Waals surface area contributed by atoms with E-state index >= 15 is 0 Å². The third-order valence-corrected chi connectivity index (χ3v) is 4.89. The number of carboxylic acid groups (broad SMARTS) is 1. The van der Waals surface area contributed by atoms with Gasteiger partial charge in [-0.25, -0.2) is 4.79 Å². The number of carbonyl (C=O) groups is 2. The number of rotatable bonds is 4. The van der Waals surface area contributed by atoms with Gasteiger partial charge < -0.3 is 14.4 Å². The molecule has 2 rings (SSSR count). The van der Waals surface area contributed by atoms with Gasteiger partial charge in [0.15, 0.2) is 5.76 Å². The zero-order chi connectivity index (χ0) is 15.5. The summed E-state index contributed by atoms with van der Waals surface area (Å²) in [6, 6.07) is 1.31. The molecule has 5 nitrogen and oxygen atoms in total. The van der Waals surface area contributed by atoms with Crippen molar-refractivity contribution in [2.24, 2.45) is 5.41 Å². The average Bonchev–Trinajstić information content (AvgIpc) is 2.88. The lowest BCUT2D eigenvalue weighted by atomic mass is 9.76. The van der Waals surface area contributed by atoms with Gasteiger partial charge in [0.1, 0.15) is 6.26 Å². The monoisotopic (exact) mass is 293 g/mol. The summed E-state index contributed by atoms with van der Waals surface area (Å²) in [5.41, 5.74) is 0.356. The average molecular weight is 293 g/mol. The van der Waals surface area contributed by atoms with Crippen molar-refractivity contribution >= 4 is 11.9 Å². The molecule has 1 aliphatic rings. The smallest absolute Gasteiger partial charge is 0.338 e. The summed E-state index contributed by atoms with van der Waals surface area (Å²) in [6.07, 6.45) is 6.52. The molecule has 0 saturated carbocycles. The van der Waals surface area contributed by atoms with Crippen LogP contribution in [-0.2, 0) is 0 Å². The number of likely N-dealkylation sites (tertiary alicyclic amines) is 1. The Morgan fingerprint density at radius 3 is 2.57 bits per heavy atom. The van der Waals surface area contributed by atoms with E-state index in [0.29, 0.717) is 18.5 Å². The van der Waals surface area contributed by atoms with Crippen LogP contribution in [0.2, 0.25) is 0 Å². The van der Waals surface area contributed by atoms with Crippen molar-refractivity contribution in [2.45, 2.75) is 46.0 Å². The molecule has 5 heteroatoms. The Bertz CT molecular complexity index is 516. The first kappa shape index (κ1) is 15.6. The van der Waals surface area contributed by atoms with E-state index in [-0.39, 0.29) is 17.2 Å². The predicted molar refractivity (Wildman–Crippen MR) is 78.4 cm³/mol. The second-order valence-corrected chi connectivity index (χ2v) is 5.86. The molecule has 0 atom stereocenters. The Morgan fingerprint density at radius 2 is 2.00 bits per heavy atom. The summed E-state index contributed by atoms with van der Waals surface area (Å²) in [5.74, 6) is -1.16. The van der Waals surface area contributed by atoms with Gasteiger partial charge in [-0.05, 0) is 24.7 Å². The number of nitrogens with zero attached hydrogens (tertiary/aromatic N) is 1. The molecule has 0 bridgehead atoms. The van der Waals surface area contributed by atoms with E-state index in [1.54, 1.807) is 4.90 Å². The first-order valence-electron chi connectivity index (χ1n) is 7.62. The molecule has 1 fully saturated rings. The van der Waals surface area contributed by atoms with Crippen molar-refractivity contribution in [1.82, 2.24) is 4.90 Å². The molecule has 0 radical (unpaired) electrons. The molecule has 116 valence electrons. The highest BCUT2D eigenvalue weighted by Gasteiger charge is 2.31. The lowest BCUT2D eigenvalue weighted by Gasteiger charge is -2.30. The summed E-state index contributed by atoms with van der Waals surface area (Å²) < 4.78 is 5.11. The molecule has 1 N–H and O–H groups in total. The quantitative estimate of drug-likeness (QED) is 0.923. The van der Waals surface area contributed by atoms with Gasteiger partial charge in [-0.15, -0.1) is 0 Å². The number of aromatic carboxylic acids is 1. The largest absolute Gasteiger partial charge is 0.478 e. The van der Waals surface area contributed by atoms with Crippen molar-refractivity contribution in [2.75, 3.05) is 13.1 Å². The first-order chi connectivity index (χ1) is 10.0. The molecule has 0 aromatic carbocycles. The fraction of sp³-hybridized carbons (Fsp3) is 0.625. The van der Waals surface area contributed by atoms with Crippen LogP contribution in [0.15, 0.2) is 16.7 Å². The van der Waals surface area contributed by atoms with Crippen LogP contribution in [0, 0.1) is 5.41 Å². The fourth-order valence-corrected chi connectivity index (χ4v) is 3.13. The van der Waals surface area contributed by atoms with Crippen LogP contribution in [0.1, 0.15) is 66.9 Å². The summed E-state index contributed by atoms with van der Waals surface area (Å²) in [5, 5.41) is 8.88. The minimum absolute atomic E-state index is 0.0182. The van der Waals surface area contributed by atoms with E-state index in [4.69, 9.17) is 9.52 Å². The number of hydrogen-bond acceptors (Lipinski definition) is 3. The third kappa shape index (κ3) is 3.28. The highest BCUT2D eigenvalue weighted by Crippen LogP contribution is 2.38. The molecule has 0 unspecified atom stereocenters. The predicted octanol–water partition coefficient (Wildman–Crippen LogP) is 3.41. The van der Waals surface area contributed by atoms with Gasteiger partial charge in [0.2, 0.25) is 0 Å². The summed E-state index contributed by atoms with van der Waals surface area (Å²) in [4.78, 5) is 25.1. The molecule has 1 amide bonds. The highest BCUT2D eigenvalue weighted by atomic mass is 16.4.